The van der Waals surface area contributed by atoms with E-state index in [1.165, 1.54) is 6.26 Å². The lowest BCUT2D eigenvalue weighted by Crippen LogP contribution is -2.36. The van der Waals surface area contributed by atoms with Crippen LogP contribution < -0.4 is 20.1 Å². The third-order valence-corrected chi connectivity index (χ3v) is 5.59. The van der Waals surface area contributed by atoms with Gasteiger partial charge in [-0.1, -0.05) is 24.3 Å². The van der Waals surface area contributed by atoms with Crippen LogP contribution in [0.25, 0.3) is 0 Å². The van der Waals surface area contributed by atoms with E-state index in [1.54, 1.807) is 33.3 Å². The lowest BCUT2D eigenvalue weighted by Gasteiger charge is -2.15. The van der Waals surface area contributed by atoms with Gasteiger partial charge in [-0.2, -0.15) is 0 Å². The molecule has 0 aliphatic carbocycles. The van der Waals surface area contributed by atoms with Crippen LogP contribution in [-0.4, -0.2) is 41.4 Å². The number of guanidine groups is 1. The van der Waals surface area contributed by atoms with Crippen molar-refractivity contribution in [2.45, 2.75) is 31.8 Å². The number of aryl methyl sites for hydroxylation is 1. The summed E-state index contributed by atoms with van der Waals surface area (Å²) >= 11 is 0. The van der Waals surface area contributed by atoms with E-state index in [2.05, 4.69) is 15.6 Å². The molecule has 0 amide bonds. The molecule has 30 heavy (non-hydrogen) atoms. The third-order valence-electron chi connectivity index (χ3n) is 4.33. The van der Waals surface area contributed by atoms with Crippen LogP contribution in [0.4, 0.5) is 0 Å². The van der Waals surface area contributed by atoms with Gasteiger partial charge in [0, 0.05) is 24.9 Å². The van der Waals surface area contributed by atoms with Crippen LogP contribution in [0.1, 0.15) is 23.6 Å². The zero-order valence-electron chi connectivity index (χ0n) is 18.0. The molecule has 0 bridgehead atoms. The smallest absolute Gasteiger partial charge is 0.191 e. The molecule has 0 aromatic heterocycles. The number of hydrogen-bond acceptors (Lipinski definition) is 5. The average Bonchev–Trinajstić information content (AvgIpc) is 2.68. The van der Waals surface area contributed by atoms with Gasteiger partial charge >= 0.3 is 0 Å². The molecule has 0 spiro atoms. The maximum atomic E-state index is 11.8. The molecule has 166 valence electrons. The van der Waals surface area contributed by atoms with E-state index >= 15 is 0 Å². The summed E-state index contributed by atoms with van der Waals surface area (Å²) in [6.45, 7) is 5.44. The summed E-state index contributed by atoms with van der Waals surface area (Å²) in [7, 11) is -0.00144. The number of benzene rings is 2. The zero-order valence-corrected chi connectivity index (χ0v) is 21.1. The number of hydrogen-bond donors (Lipinski definition) is 2. The molecular weight excluding hydrogens is 517 g/mol. The van der Waals surface area contributed by atoms with Gasteiger partial charge in [0.1, 0.15) is 0 Å². The minimum Gasteiger partial charge on any atom is -0.493 e. The Kier molecular flexibility index (Phi) is 10.4. The van der Waals surface area contributed by atoms with Crippen molar-refractivity contribution in [3.63, 3.8) is 0 Å². The number of nitrogens with zero attached hydrogens (tertiary/aromatic N) is 1. The predicted molar refractivity (Wildman–Crippen MR) is 131 cm³/mol. The molecule has 0 aliphatic rings. The maximum absolute atomic E-state index is 11.8. The van der Waals surface area contributed by atoms with Gasteiger partial charge in [-0.15, -0.1) is 24.0 Å². The molecule has 0 radical (unpaired) electrons. The van der Waals surface area contributed by atoms with Crippen molar-refractivity contribution in [3.8, 4) is 11.5 Å². The second-order valence-corrected chi connectivity index (χ2v) is 8.56. The summed E-state index contributed by atoms with van der Waals surface area (Å²) in [5.41, 5.74) is 2.61. The summed E-state index contributed by atoms with van der Waals surface area (Å²) < 4.78 is 34.3. The van der Waals surface area contributed by atoms with E-state index in [0.29, 0.717) is 42.0 Å². The molecule has 0 fully saturated rings. The minimum absolute atomic E-state index is 0. The lowest BCUT2D eigenvalue weighted by molar-refractivity contribution is 0.351. The van der Waals surface area contributed by atoms with Crippen LogP contribution in [0.3, 0.4) is 0 Å². The van der Waals surface area contributed by atoms with E-state index in [1.807, 2.05) is 31.2 Å². The first-order valence-electron chi connectivity index (χ1n) is 9.31. The fourth-order valence-corrected chi connectivity index (χ4v) is 3.97. The molecular formula is C21H30IN3O4S. The van der Waals surface area contributed by atoms with E-state index in [4.69, 9.17) is 9.47 Å². The van der Waals surface area contributed by atoms with Crippen molar-refractivity contribution >= 4 is 39.8 Å². The van der Waals surface area contributed by atoms with E-state index < -0.39 is 9.84 Å². The van der Waals surface area contributed by atoms with Crippen LogP contribution in [0.5, 0.6) is 11.5 Å². The summed E-state index contributed by atoms with van der Waals surface area (Å²) in [4.78, 5) is 4.95. The van der Waals surface area contributed by atoms with Crippen LogP contribution in [0.15, 0.2) is 46.3 Å². The Balaban J connectivity index is 0.00000450. The summed E-state index contributed by atoms with van der Waals surface area (Å²) in [6, 6.07) is 11.0. The highest BCUT2D eigenvalue weighted by atomic mass is 127. The van der Waals surface area contributed by atoms with E-state index in [-0.39, 0.29) is 24.0 Å². The molecule has 0 unspecified atom stereocenters. The van der Waals surface area contributed by atoms with Crippen LogP contribution >= 0.6 is 24.0 Å². The Bertz CT molecular complexity index is 978. The predicted octanol–water partition coefficient (Wildman–Crippen LogP) is 3.29. The molecule has 0 heterocycles. The van der Waals surface area contributed by atoms with Crippen molar-refractivity contribution in [2.24, 2.45) is 4.99 Å². The van der Waals surface area contributed by atoms with Gasteiger partial charge in [-0.3, -0.25) is 0 Å². The van der Waals surface area contributed by atoms with Gasteiger partial charge in [0.2, 0.25) is 0 Å². The lowest BCUT2D eigenvalue weighted by atomic mass is 10.1. The number of methoxy groups -OCH3 is 2. The van der Waals surface area contributed by atoms with Crippen molar-refractivity contribution < 1.29 is 17.9 Å². The van der Waals surface area contributed by atoms with Gasteiger partial charge in [-0.05, 0) is 37.1 Å². The van der Waals surface area contributed by atoms with Crippen LogP contribution in [-0.2, 0) is 22.9 Å². The van der Waals surface area contributed by atoms with Gasteiger partial charge in [0.15, 0.2) is 27.3 Å². The monoisotopic (exact) mass is 547 g/mol. The highest BCUT2D eigenvalue weighted by molar-refractivity contribution is 14.0. The largest absolute Gasteiger partial charge is 0.493 e. The number of halogens is 1. The zero-order chi connectivity index (χ0) is 21.4. The molecule has 0 saturated heterocycles. The topological polar surface area (TPSA) is 89.0 Å². The standard InChI is InChI=1S/C21H29N3O4S.HI/c1-6-22-21(24-14-17-8-7-9-18(27-3)20(17)28-4)23-13-16-10-11-19(15(2)12-16)29(5,25)26;/h7-12H,6,13-14H2,1-5H3,(H2,22,23,24);1H. The Morgan fingerprint density at radius 1 is 1.10 bits per heavy atom. The molecule has 7 nitrogen and oxygen atoms in total. The second kappa shape index (κ2) is 12.0. The van der Waals surface area contributed by atoms with Gasteiger partial charge < -0.3 is 20.1 Å². The van der Waals surface area contributed by atoms with Crippen molar-refractivity contribution in [2.75, 3.05) is 27.0 Å². The summed E-state index contributed by atoms with van der Waals surface area (Å²) in [5.74, 6) is 2.02. The van der Waals surface area contributed by atoms with Crippen LogP contribution in [0, 0.1) is 6.92 Å². The fraction of sp³-hybridized carbons (Fsp3) is 0.381. The number of nitrogens with one attached hydrogen (secondary N) is 2. The van der Waals surface area contributed by atoms with Gasteiger partial charge in [0.05, 0.1) is 25.7 Å². The normalized spacial score (nSPS) is 11.4. The number of aliphatic imine (C=N–C) groups is 1. The molecule has 2 rings (SSSR count). The Labute approximate surface area is 196 Å². The summed E-state index contributed by atoms with van der Waals surface area (Å²) in [5, 5.41) is 6.50. The molecule has 9 heteroatoms. The Morgan fingerprint density at radius 2 is 1.83 bits per heavy atom. The van der Waals surface area contributed by atoms with E-state index in [9.17, 15) is 8.42 Å². The Morgan fingerprint density at radius 3 is 2.40 bits per heavy atom. The highest BCUT2D eigenvalue weighted by Crippen LogP contribution is 2.30. The van der Waals surface area contributed by atoms with E-state index in [0.717, 1.165) is 16.7 Å². The quantitative estimate of drug-likeness (QED) is 0.300. The fourth-order valence-electron chi connectivity index (χ4n) is 3.01. The first-order valence-corrected chi connectivity index (χ1v) is 11.2. The van der Waals surface area contributed by atoms with Crippen LogP contribution in [0.2, 0.25) is 0 Å². The number of ether oxygens (including phenoxy) is 2. The Hall–Kier alpha value is -2.01. The third kappa shape index (κ3) is 7.05. The molecule has 2 N–H and O–H groups in total. The summed E-state index contributed by atoms with van der Waals surface area (Å²) in [6.07, 6.45) is 1.22. The number of sulfone groups is 1. The van der Waals surface area contributed by atoms with Crippen molar-refractivity contribution in [1.29, 1.82) is 0 Å². The highest BCUT2D eigenvalue weighted by Gasteiger charge is 2.12. The molecule has 0 aliphatic heterocycles. The number of para-hydroxylation sites is 1. The maximum Gasteiger partial charge on any atom is 0.191 e. The van der Waals surface area contributed by atoms with Gasteiger partial charge in [-0.25, -0.2) is 13.4 Å². The molecule has 2 aromatic rings. The van der Waals surface area contributed by atoms with Crippen molar-refractivity contribution in [1.82, 2.24) is 10.6 Å². The first kappa shape index (κ1) is 26.0. The molecule has 0 atom stereocenters. The van der Waals surface area contributed by atoms with Crippen molar-refractivity contribution in [3.05, 3.63) is 53.1 Å². The SMILES string of the molecule is CCNC(=NCc1ccc(S(C)(=O)=O)c(C)c1)NCc1cccc(OC)c1OC.I. The molecule has 2 aromatic carbocycles. The van der Waals surface area contributed by atoms with Gasteiger partial charge in [0.25, 0.3) is 0 Å². The first-order chi connectivity index (χ1) is 13.8. The average molecular weight is 547 g/mol. The molecule has 0 saturated carbocycles. The second-order valence-electron chi connectivity index (χ2n) is 6.57. The minimum atomic E-state index is -3.22. The number of rotatable bonds is 8.